The second-order valence-corrected chi connectivity index (χ2v) is 9.10. The zero-order valence-corrected chi connectivity index (χ0v) is 16.0. The van der Waals surface area contributed by atoms with E-state index in [-0.39, 0.29) is 29.0 Å². The largest absolute Gasteiger partial charge is 0.393 e. The van der Waals surface area contributed by atoms with Crippen LogP contribution in [0.2, 0.25) is 0 Å². The number of hydrogen-bond donors (Lipinski definition) is 2. The quantitative estimate of drug-likeness (QED) is 0.658. The number of hydrogen-bond acceptors (Lipinski definition) is 3. The minimum Gasteiger partial charge on any atom is -0.393 e. The number of ketones is 1. The van der Waals surface area contributed by atoms with E-state index in [0.717, 1.165) is 17.6 Å². The Labute approximate surface area is 155 Å². The maximum Gasteiger partial charge on any atom is 0.178 e. The molecule has 3 nitrogen and oxygen atoms in total. The van der Waals surface area contributed by atoms with Gasteiger partial charge in [0.05, 0.1) is 6.10 Å². The van der Waals surface area contributed by atoms with E-state index in [1.807, 2.05) is 6.08 Å². The minimum absolute atomic E-state index is 0.0206. The van der Waals surface area contributed by atoms with Crippen LogP contribution in [0.25, 0.3) is 0 Å². The average Bonchev–Trinajstić information content (AvgIpc) is 2.80. The Morgan fingerprint density at radius 3 is 2.73 bits per heavy atom. The molecule has 0 aliphatic heterocycles. The van der Waals surface area contributed by atoms with Gasteiger partial charge in [-0.2, -0.15) is 0 Å². The summed E-state index contributed by atoms with van der Waals surface area (Å²) in [6.07, 6.45) is 9.20. The Morgan fingerprint density at radius 2 is 2.04 bits per heavy atom. The molecule has 4 rings (SSSR count). The number of aliphatic hydroxyl groups is 2. The molecule has 0 aromatic heterocycles. The highest BCUT2D eigenvalue weighted by Crippen LogP contribution is 2.66. The number of allylic oxidation sites excluding steroid dienone is 6. The lowest BCUT2D eigenvalue weighted by Crippen LogP contribution is -2.58. The lowest BCUT2D eigenvalue weighted by molar-refractivity contribution is -0.129. The van der Waals surface area contributed by atoms with Crippen LogP contribution in [0.3, 0.4) is 0 Å². The maximum absolute atomic E-state index is 11.9. The molecule has 26 heavy (non-hydrogen) atoms. The van der Waals surface area contributed by atoms with E-state index >= 15 is 0 Å². The topological polar surface area (TPSA) is 57.5 Å². The smallest absolute Gasteiger partial charge is 0.178 e. The predicted octanol–water partition coefficient (Wildman–Crippen LogP) is 3.19. The van der Waals surface area contributed by atoms with Crippen LogP contribution in [-0.4, -0.2) is 27.7 Å². The highest BCUT2D eigenvalue weighted by Gasteiger charge is 2.65. The molecule has 3 heteroatoms. The van der Waals surface area contributed by atoms with E-state index in [4.69, 9.17) is 0 Å². The lowest BCUT2D eigenvalue weighted by Gasteiger charge is -2.58. The summed E-state index contributed by atoms with van der Waals surface area (Å²) in [6, 6.07) is 0. The summed E-state index contributed by atoms with van der Waals surface area (Å²) < 4.78 is 0. The van der Waals surface area contributed by atoms with Gasteiger partial charge < -0.3 is 10.2 Å². The summed E-state index contributed by atoms with van der Waals surface area (Å²) in [5.41, 5.74) is 0.375. The second-order valence-electron chi connectivity index (χ2n) is 9.10. The van der Waals surface area contributed by atoms with Crippen molar-refractivity contribution in [2.24, 2.45) is 28.6 Å². The van der Waals surface area contributed by atoms with Crippen molar-refractivity contribution >= 4 is 5.78 Å². The Bertz CT molecular complexity index is 822. The van der Waals surface area contributed by atoms with Gasteiger partial charge >= 0.3 is 0 Å². The first-order valence-electron chi connectivity index (χ1n) is 9.65. The molecule has 0 saturated heterocycles. The third kappa shape index (κ3) is 2.06. The molecule has 2 N–H and O–H groups in total. The van der Waals surface area contributed by atoms with Crippen LogP contribution in [0.15, 0.2) is 35.5 Å². The van der Waals surface area contributed by atoms with E-state index in [9.17, 15) is 15.0 Å². The number of rotatable bonds is 0. The molecule has 138 valence electrons. The standard InChI is InChI=1S/C23H28O3/c1-5-8-23(26)10-7-17-16-11-14(2)18-12-15(24)6-9-21(18,3)20(16)19(25)13-22(17,23)4/h6,9,11-12,16-17,19-20,25-26H,7,10,13H2,1-4H3/t16?,17?,19-,20?,21-,22-,23-/m0/s1. The fourth-order valence-electron chi connectivity index (χ4n) is 6.61. The van der Waals surface area contributed by atoms with Gasteiger partial charge in [-0.3, -0.25) is 4.79 Å². The van der Waals surface area contributed by atoms with Crippen molar-refractivity contribution in [3.63, 3.8) is 0 Å². The zero-order valence-electron chi connectivity index (χ0n) is 16.0. The van der Waals surface area contributed by atoms with Gasteiger partial charge in [0.2, 0.25) is 0 Å². The van der Waals surface area contributed by atoms with Crippen molar-refractivity contribution in [1.82, 2.24) is 0 Å². The Hall–Kier alpha value is -1.63. The first-order valence-corrected chi connectivity index (χ1v) is 9.65. The summed E-state index contributed by atoms with van der Waals surface area (Å²) in [5, 5.41) is 22.5. The molecule has 0 radical (unpaired) electrons. The summed E-state index contributed by atoms with van der Waals surface area (Å²) in [5.74, 6) is 6.47. The molecule has 4 aliphatic carbocycles. The van der Waals surface area contributed by atoms with Crippen LogP contribution < -0.4 is 0 Å². The number of fused-ring (bicyclic) bond motifs is 5. The van der Waals surface area contributed by atoms with Crippen molar-refractivity contribution < 1.29 is 15.0 Å². The van der Waals surface area contributed by atoms with Crippen LogP contribution in [0.1, 0.15) is 47.0 Å². The van der Waals surface area contributed by atoms with Crippen LogP contribution in [0.5, 0.6) is 0 Å². The van der Waals surface area contributed by atoms with Crippen molar-refractivity contribution in [2.45, 2.75) is 58.7 Å². The molecule has 0 aromatic carbocycles. The Morgan fingerprint density at radius 1 is 1.31 bits per heavy atom. The first kappa shape index (κ1) is 17.8. The SMILES string of the molecule is CC#C[C@]1(O)CCC2C3C=C(C)C4=CC(=O)C=C[C@]4(C)C3[C@@H](O)C[C@@]21C. The minimum atomic E-state index is -1.03. The lowest BCUT2D eigenvalue weighted by atomic mass is 9.47. The van der Waals surface area contributed by atoms with Crippen LogP contribution >= 0.6 is 0 Å². The fraction of sp³-hybridized carbons (Fsp3) is 0.609. The molecule has 7 atom stereocenters. The molecule has 0 aromatic rings. The van der Waals surface area contributed by atoms with E-state index < -0.39 is 17.1 Å². The van der Waals surface area contributed by atoms with E-state index in [0.29, 0.717) is 12.8 Å². The number of carbonyl (C=O) groups excluding carboxylic acids is 1. The van der Waals surface area contributed by atoms with Gasteiger partial charge in [-0.25, -0.2) is 0 Å². The molecule has 0 bridgehead atoms. The molecule has 4 aliphatic rings. The number of aliphatic hydroxyl groups excluding tert-OH is 1. The van der Waals surface area contributed by atoms with Crippen molar-refractivity contribution in [3.8, 4) is 11.8 Å². The van der Waals surface area contributed by atoms with E-state index in [1.54, 1.807) is 19.1 Å². The molecular weight excluding hydrogens is 324 g/mol. The molecular formula is C23H28O3. The van der Waals surface area contributed by atoms with Gasteiger partial charge in [0, 0.05) is 16.7 Å². The average molecular weight is 352 g/mol. The predicted molar refractivity (Wildman–Crippen MR) is 101 cm³/mol. The third-order valence-electron chi connectivity index (χ3n) is 7.86. The van der Waals surface area contributed by atoms with Gasteiger partial charge in [-0.15, -0.1) is 5.92 Å². The Kier molecular flexibility index (Phi) is 3.72. The van der Waals surface area contributed by atoms with Crippen LogP contribution in [0, 0.1) is 40.4 Å². The summed E-state index contributed by atoms with van der Waals surface area (Å²) in [4.78, 5) is 11.9. The maximum atomic E-state index is 11.9. The van der Waals surface area contributed by atoms with Gasteiger partial charge in [0.1, 0.15) is 5.60 Å². The monoisotopic (exact) mass is 352 g/mol. The summed E-state index contributed by atoms with van der Waals surface area (Å²) in [7, 11) is 0. The molecule has 3 unspecified atom stereocenters. The van der Waals surface area contributed by atoms with Crippen molar-refractivity contribution in [3.05, 3.63) is 35.5 Å². The molecule has 0 amide bonds. The molecule has 2 saturated carbocycles. The van der Waals surface area contributed by atoms with Gasteiger partial charge in [-0.05, 0) is 62.7 Å². The van der Waals surface area contributed by atoms with E-state index in [1.165, 1.54) is 0 Å². The third-order valence-corrected chi connectivity index (χ3v) is 7.86. The van der Waals surface area contributed by atoms with Crippen LogP contribution in [-0.2, 0) is 4.79 Å². The fourth-order valence-corrected chi connectivity index (χ4v) is 6.61. The first-order chi connectivity index (χ1) is 12.2. The van der Waals surface area contributed by atoms with E-state index in [2.05, 4.69) is 38.7 Å². The summed E-state index contributed by atoms with van der Waals surface area (Å²) in [6.45, 7) is 8.09. The second kappa shape index (κ2) is 5.44. The van der Waals surface area contributed by atoms with Gasteiger partial charge in [-0.1, -0.05) is 37.5 Å². The van der Waals surface area contributed by atoms with Gasteiger partial charge in [0.25, 0.3) is 0 Å². The highest BCUT2D eigenvalue weighted by atomic mass is 16.3. The summed E-state index contributed by atoms with van der Waals surface area (Å²) >= 11 is 0. The Balaban J connectivity index is 1.86. The molecule has 0 spiro atoms. The normalized spacial score (nSPS) is 49.2. The van der Waals surface area contributed by atoms with Crippen molar-refractivity contribution in [1.29, 1.82) is 0 Å². The molecule has 2 fully saturated rings. The number of carbonyl (C=O) groups is 1. The molecule has 0 heterocycles. The van der Waals surface area contributed by atoms with Gasteiger partial charge in [0.15, 0.2) is 5.78 Å². The zero-order chi connectivity index (χ0) is 18.9. The van der Waals surface area contributed by atoms with Crippen LogP contribution in [0.4, 0.5) is 0 Å². The van der Waals surface area contributed by atoms with Crippen molar-refractivity contribution in [2.75, 3.05) is 0 Å². The highest BCUT2D eigenvalue weighted by molar-refractivity contribution is 6.01.